The predicted octanol–water partition coefficient (Wildman–Crippen LogP) is 4.51. The SMILES string of the molecule is O=C1CC(c2ccc(O)cc2Cl)Oc2cc(Br)ccc21. The Bertz CT molecular complexity index is 700. The fraction of sp³-hybridized carbons (Fsp3) is 0.133. The molecule has 1 aliphatic rings. The molecule has 3 nitrogen and oxygen atoms in total. The first-order chi connectivity index (χ1) is 9.54. The van der Waals surface area contributed by atoms with Gasteiger partial charge in [-0.05, 0) is 30.3 Å². The predicted molar refractivity (Wildman–Crippen MR) is 79.6 cm³/mol. The number of aromatic hydroxyl groups is 1. The summed E-state index contributed by atoms with van der Waals surface area (Å²) in [4.78, 5) is 12.2. The van der Waals surface area contributed by atoms with Crippen molar-refractivity contribution >= 4 is 33.3 Å². The molecular formula is C15H10BrClO3. The third kappa shape index (κ3) is 2.41. The second kappa shape index (κ2) is 5.11. The second-order valence-electron chi connectivity index (χ2n) is 4.58. The second-order valence-corrected chi connectivity index (χ2v) is 5.90. The number of phenolic OH excluding ortho intramolecular Hbond substituents is 1. The molecule has 20 heavy (non-hydrogen) atoms. The summed E-state index contributed by atoms with van der Waals surface area (Å²) in [7, 11) is 0. The Balaban J connectivity index is 2.00. The van der Waals surface area contributed by atoms with E-state index < -0.39 is 6.10 Å². The number of ether oxygens (including phenoxy) is 1. The summed E-state index contributed by atoms with van der Waals surface area (Å²) in [6, 6.07) is 9.99. The van der Waals surface area contributed by atoms with Crippen LogP contribution in [0.3, 0.4) is 0 Å². The van der Waals surface area contributed by atoms with Gasteiger partial charge in [0.25, 0.3) is 0 Å². The summed E-state index contributed by atoms with van der Waals surface area (Å²) in [6.45, 7) is 0. The highest BCUT2D eigenvalue weighted by Crippen LogP contribution is 2.39. The number of benzene rings is 2. The van der Waals surface area contributed by atoms with Gasteiger partial charge in [-0.1, -0.05) is 33.6 Å². The first-order valence-electron chi connectivity index (χ1n) is 6.02. The van der Waals surface area contributed by atoms with E-state index in [0.29, 0.717) is 21.9 Å². The summed E-state index contributed by atoms with van der Waals surface area (Å²) in [5.74, 6) is 0.654. The average molecular weight is 354 g/mol. The maximum absolute atomic E-state index is 12.2. The molecule has 2 aromatic rings. The van der Waals surface area contributed by atoms with Gasteiger partial charge in [0.2, 0.25) is 0 Å². The zero-order valence-corrected chi connectivity index (χ0v) is 12.6. The van der Waals surface area contributed by atoms with E-state index in [2.05, 4.69) is 15.9 Å². The van der Waals surface area contributed by atoms with Gasteiger partial charge in [0.15, 0.2) is 5.78 Å². The molecule has 0 saturated heterocycles. The molecule has 0 radical (unpaired) electrons. The third-order valence-corrected chi connectivity index (χ3v) is 4.04. The van der Waals surface area contributed by atoms with Crippen molar-refractivity contribution in [2.45, 2.75) is 12.5 Å². The van der Waals surface area contributed by atoms with Gasteiger partial charge >= 0.3 is 0 Å². The molecule has 1 N–H and O–H groups in total. The Morgan fingerprint density at radius 2 is 2.05 bits per heavy atom. The molecule has 5 heteroatoms. The van der Waals surface area contributed by atoms with Crippen molar-refractivity contribution in [2.75, 3.05) is 0 Å². The smallest absolute Gasteiger partial charge is 0.170 e. The summed E-state index contributed by atoms with van der Waals surface area (Å²) < 4.78 is 6.72. The van der Waals surface area contributed by atoms with Gasteiger partial charge in [-0.2, -0.15) is 0 Å². The molecule has 1 unspecified atom stereocenters. The molecule has 2 aromatic carbocycles. The van der Waals surface area contributed by atoms with Crippen LogP contribution in [0.1, 0.15) is 28.4 Å². The largest absolute Gasteiger partial charge is 0.508 e. The Labute approximate surface area is 129 Å². The van der Waals surface area contributed by atoms with Crippen LogP contribution in [-0.4, -0.2) is 10.9 Å². The number of rotatable bonds is 1. The Morgan fingerprint density at radius 1 is 1.25 bits per heavy atom. The number of halogens is 2. The molecule has 0 aromatic heterocycles. The summed E-state index contributed by atoms with van der Waals surface area (Å²) in [5.41, 5.74) is 1.28. The summed E-state index contributed by atoms with van der Waals surface area (Å²) in [6.07, 6.45) is -0.198. The number of Topliss-reactive ketones (excluding diaryl/α,β-unsaturated/α-hetero) is 1. The van der Waals surface area contributed by atoms with Crippen molar-refractivity contribution in [2.24, 2.45) is 0 Å². The molecule has 0 fully saturated rings. The number of carbonyl (C=O) groups is 1. The fourth-order valence-corrected chi connectivity index (χ4v) is 2.88. The van der Waals surface area contributed by atoms with Crippen molar-refractivity contribution in [3.8, 4) is 11.5 Å². The van der Waals surface area contributed by atoms with Crippen LogP contribution in [0.15, 0.2) is 40.9 Å². The van der Waals surface area contributed by atoms with Crippen LogP contribution in [0.2, 0.25) is 5.02 Å². The number of phenols is 1. The molecule has 0 amide bonds. The maximum Gasteiger partial charge on any atom is 0.170 e. The zero-order chi connectivity index (χ0) is 14.3. The minimum Gasteiger partial charge on any atom is -0.508 e. The molecule has 102 valence electrons. The Morgan fingerprint density at radius 3 is 2.80 bits per heavy atom. The highest BCUT2D eigenvalue weighted by atomic mass is 79.9. The normalized spacial score (nSPS) is 17.5. The fourth-order valence-electron chi connectivity index (χ4n) is 2.25. The van der Waals surface area contributed by atoms with E-state index in [9.17, 15) is 9.90 Å². The van der Waals surface area contributed by atoms with E-state index in [-0.39, 0.29) is 18.0 Å². The number of hydrogen-bond donors (Lipinski definition) is 1. The van der Waals surface area contributed by atoms with Crippen LogP contribution in [0.5, 0.6) is 11.5 Å². The van der Waals surface area contributed by atoms with Crippen LogP contribution in [0, 0.1) is 0 Å². The van der Waals surface area contributed by atoms with Crippen molar-refractivity contribution in [1.29, 1.82) is 0 Å². The average Bonchev–Trinajstić information content (AvgIpc) is 2.37. The Kier molecular flexibility index (Phi) is 3.44. The van der Waals surface area contributed by atoms with Gasteiger partial charge in [0, 0.05) is 10.0 Å². The van der Waals surface area contributed by atoms with E-state index in [1.807, 2.05) is 6.07 Å². The Hall–Kier alpha value is -1.52. The van der Waals surface area contributed by atoms with Crippen LogP contribution < -0.4 is 4.74 Å². The van der Waals surface area contributed by atoms with Crippen LogP contribution >= 0.6 is 27.5 Å². The number of carbonyl (C=O) groups excluding carboxylic acids is 1. The van der Waals surface area contributed by atoms with Gasteiger partial charge in [-0.25, -0.2) is 0 Å². The lowest BCUT2D eigenvalue weighted by molar-refractivity contribution is 0.0850. The summed E-state index contributed by atoms with van der Waals surface area (Å²) >= 11 is 9.47. The number of hydrogen-bond acceptors (Lipinski definition) is 3. The van der Waals surface area contributed by atoms with E-state index in [0.717, 1.165) is 4.47 Å². The maximum atomic E-state index is 12.2. The van der Waals surface area contributed by atoms with Crippen molar-refractivity contribution < 1.29 is 14.6 Å². The highest BCUT2D eigenvalue weighted by molar-refractivity contribution is 9.10. The topological polar surface area (TPSA) is 46.5 Å². The monoisotopic (exact) mass is 352 g/mol. The lowest BCUT2D eigenvalue weighted by Crippen LogP contribution is -2.20. The third-order valence-electron chi connectivity index (χ3n) is 3.21. The van der Waals surface area contributed by atoms with Crippen LogP contribution in [0.25, 0.3) is 0 Å². The van der Waals surface area contributed by atoms with E-state index in [1.54, 1.807) is 18.2 Å². The standard InChI is InChI=1S/C15H10BrClO3/c16-8-1-3-11-13(19)7-15(20-14(11)5-8)10-4-2-9(18)6-12(10)17/h1-6,15,18H,7H2. The molecule has 1 atom stereocenters. The van der Waals surface area contributed by atoms with Gasteiger partial charge in [0.1, 0.15) is 17.6 Å². The molecule has 3 rings (SSSR count). The quantitative estimate of drug-likeness (QED) is 0.820. The van der Waals surface area contributed by atoms with Crippen molar-refractivity contribution in [3.63, 3.8) is 0 Å². The van der Waals surface area contributed by atoms with Crippen LogP contribution in [0.4, 0.5) is 0 Å². The van der Waals surface area contributed by atoms with Gasteiger partial charge in [0.05, 0.1) is 17.0 Å². The number of fused-ring (bicyclic) bond motifs is 1. The minimum absolute atomic E-state index is 0.0212. The van der Waals surface area contributed by atoms with Gasteiger partial charge in [-0.15, -0.1) is 0 Å². The lowest BCUT2D eigenvalue weighted by Gasteiger charge is -2.26. The first kappa shape index (κ1) is 13.5. The van der Waals surface area contributed by atoms with Crippen LogP contribution in [-0.2, 0) is 0 Å². The van der Waals surface area contributed by atoms with Crippen molar-refractivity contribution in [1.82, 2.24) is 0 Å². The zero-order valence-electron chi connectivity index (χ0n) is 10.3. The first-order valence-corrected chi connectivity index (χ1v) is 7.19. The summed E-state index contributed by atoms with van der Waals surface area (Å²) in [5, 5.41) is 9.77. The lowest BCUT2D eigenvalue weighted by atomic mass is 9.96. The number of ketones is 1. The highest BCUT2D eigenvalue weighted by Gasteiger charge is 2.29. The van der Waals surface area contributed by atoms with E-state index in [4.69, 9.17) is 16.3 Å². The minimum atomic E-state index is -0.433. The van der Waals surface area contributed by atoms with E-state index >= 15 is 0 Å². The van der Waals surface area contributed by atoms with Gasteiger partial charge in [-0.3, -0.25) is 4.79 Å². The molecular weight excluding hydrogens is 344 g/mol. The van der Waals surface area contributed by atoms with Crippen molar-refractivity contribution in [3.05, 3.63) is 57.0 Å². The molecule has 0 spiro atoms. The molecule has 0 aliphatic carbocycles. The molecule has 1 heterocycles. The van der Waals surface area contributed by atoms with E-state index in [1.165, 1.54) is 12.1 Å². The van der Waals surface area contributed by atoms with Gasteiger partial charge < -0.3 is 9.84 Å². The molecule has 1 aliphatic heterocycles. The molecule has 0 saturated carbocycles. The molecule has 0 bridgehead atoms.